The lowest BCUT2D eigenvalue weighted by atomic mass is 9.87. The van der Waals surface area contributed by atoms with Crippen LogP contribution in [0.5, 0.6) is 0 Å². The second-order valence-corrected chi connectivity index (χ2v) is 9.98. The second-order valence-electron chi connectivity index (χ2n) is 8.04. The number of hydrogen-bond acceptors (Lipinski definition) is 4. The van der Waals surface area contributed by atoms with E-state index in [2.05, 4.69) is 12.2 Å². The van der Waals surface area contributed by atoms with Crippen LogP contribution in [-0.4, -0.2) is 50.0 Å². The molecule has 2 unspecified atom stereocenters. The number of morpholine rings is 1. The van der Waals surface area contributed by atoms with Crippen molar-refractivity contribution in [3.05, 3.63) is 29.8 Å². The number of carbonyl (C=O) groups is 1. The first-order valence-corrected chi connectivity index (χ1v) is 11.3. The van der Waals surface area contributed by atoms with Crippen molar-refractivity contribution in [3.63, 3.8) is 0 Å². The molecule has 1 N–H and O–H groups in total. The summed E-state index contributed by atoms with van der Waals surface area (Å²) >= 11 is 0. The van der Waals surface area contributed by atoms with Crippen LogP contribution in [-0.2, 0) is 14.8 Å². The van der Waals surface area contributed by atoms with Gasteiger partial charge in [-0.1, -0.05) is 13.0 Å². The van der Waals surface area contributed by atoms with Gasteiger partial charge in [0.15, 0.2) is 0 Å². The molecule has 3 rings (SSSR count). The van der Waals surface area contributed by atoms with Crippen LogP contribution < -0.4 is 5.32 Å². The number of nitrogens with one attached hydrogen (secondary N) is 1. The average molecular weight is 395 g/mol. The quantitative estimate of drug-likeness (QED) is 0.852. The van der Waals surface area contributed by atoms with E-state index < -0.39 is 10.0 Å². The average Bonchev–Trinajstić information content (AvgIpc) is 2.63. The standard InChI is InChI=1S/C20H30N2O4S/c1-14-7-9-18(10-8-14)21-20(23)17-5-4-6-19(11-17)27(24,25)22-12-15(2)26-16(3)13-22/h4-6,11,14-16,18H,7-10,12-13H2,1-3H3,(H,21,23). The van der Waals surface area contributed by atoms with Crippen molar-refractivity contribution in [2.24, 2.45) is 5.92 Å². The minimum absolute atomic E-state index is 0.149. The van der Waals surface area contributed by atoms with Crippen LogP contribution in [0.15, 0.2) is 29.2 Å². The first-order valence-electron chi connectivity index (χ1n) is 9.82. The number of ether oxygens (including phenoxy) is 1. The Bertz CT molecular complexity index is 762. The Balaban J connectivity index is 1.73. The Kier molecular flexibility index (Phi) is 6.23. The van der Waals surface area contributed by atoms with Gasteiger partial charge in [-0.2, -0.15) is 4.31 Å². The lowest BCUT2D eigenvalue weighted by molar-refractivity contribution is -0.0440. The number of nitrogens with zero attached hydrogens (tertiary/aromatic N) is 1. The molecule has 150 valence electrons. The number of amides is 1. The van der Waals surface area contributed by atoms with E-state index in [0.717, 1.165) is 25.7 Å². The minimum atomic E-state index is -3.65. The predicted octanol–water partition coefficient (Wildman–Crippen LogP) is 2.79. The molecule has 1 saturated carbocycles. The Labute approximate surface area is 162 Å². The highest BCUT2D eigenvalue weighted by Gasteiger charge is 2.32. The first kappa shape index (κ1) is 20.3. The van der Waals surface area contributed by atoms with Gasteiger partial charge in [0.1, 0.15) is 0 Å². The molecule has 1 amide bonds. The fraction of sp³-hybridized carbons (Fsp3) is 0.650. The zero-order chi connectivity index (χ0) is 19.6. The third kappa shape index (κ3) is 4.89. The summed E-state index contributed by atoms with van der Waals surface area (Å²) in [5, 5.41) is 3.06. The van der Waals surface area contributed by atoms with Crippen molar-refractivity contribution >= 4 is 15.9 Å². The van der Waals surface area contributed by atoms with E-state index in [1.165, 1.54) is 10.4 Å². The summed E-state index contributed by atoms with van der Waals surface area (Å²) in [6.45, 7) is 6.62. The summed E-state index contributed by atoms with van der Waals surface area (Å²) in [5.41, 5.74) is 0.393. The summed E-state index contributed by atoms with van der Waals surface area (Å²) in [6.07, 6.45) is 3.90. The van der Waals surface area contributed by atoms with Crippen LogP contribution in [0.3, 0.4) is 0 Å². The topological polar surface area (TPSA) is 75.7 Å². The molecule has 0 bridgehead atoms. The molecular weight excluding hydrogens is 364 g/mol. The smallest absolute Gasteiger partial charge is 0.251 e. The molecule has 0 spiro atoms. The third-order valence-electron chi connectivity index (χ3n) is 5.47. The number of rotatable bonds is 4. The normalized spacial score (nSPS) is 30.0. The van der Waals surface area contributed by atoms with Crippen molar-refractivity contribution < 1.29 is 17.9 Å². The second kappa shape index (κ2) is 8.29. The highest BCUT2D eigenvalue weighted by atomic mass is 32.2. The number of benzene rings is 1. The molecule has 0 aromatic heterocycles. The summed E-state index contributed by atoms with van der Waals surface area (Å²) in [7, 11) is -3.65. The minimum Gasteiger partial charge on any atom is -0.373 e. The zero-order valence-electron chi connectivity index (χ0n) is 16.3. The van der Waals surface area contributed by atoms with Crippen molar-refractivity contribution in [1.82, 2.24) is 9.62 Å². The van der Waals surface area contributed by atoms with Gasteiger partial charge in [0.05, 0.1) is 17.1 Å². The van der Waals surface area contributed by atoms with Crippen LogP contribution in [0.1, 0.15) is 56.8 Å². The summed E-state index contributed by atoms with van der Waals surface area (Å²) in [4.78, 5) is 12.8. The van der Waals surface area contributed by atoms with Crippen LogP contribution in [0.25, 0.3) is 0 Å². The van der Waals surface area contributed by atoms with Crippen molar-refractivity contribution in [2.45, 2.75) is 69.6 Å². The van der Waals surface area contributed by atoms with Gasteiger partial charge in [0.25, 0.3) is 5.91 Å². The Morgan fingerprint density at radius 3 is 2.33 bits per heavy atom. The molecule has 1 aliphatic carbocycles. The van der Waals surface area contributed by atoms with E-state index in [0.29, 0.717) is 24.6 Å². The monoisotopic (exact) mass is 394 g/mol. The third-order valence-corrected chi connectivity index (χ3v) is 7.30. The van der Waals surface area contributed by atoms with Gasteiger partial charge in [-0.3, -0.25) is 4.79 Å². The summed E-state index contributed by atoms with van der Waals surface area (Å²) in [6, 6.07) is 6.53. The molecule has 27 heavy (non-hydrogen) atoms. The van der Waals surface area contributed by atoms with Crippen molar-refractivity contribution in [2.75, 3.05) is 13.1 Å². The van der Waals surface area contributed by atoms with Crippen LogP contribution in [0.2, 0.25) is 0 Å². The lowest BCUT2D eigenvalue weighted by Crippen LogP contribution is -2.48. The molecule has 2 fully saturated rings. The van der Waals surface area contributed by atoms with E-state index in [9.17, 15) is 13.2 Å². The highest BCUT2D eigenvalue weighted by molar-refractivity contribution is 7.89. The maximum atomic E-state index is 13.0. The van der Waals surface area contributed by atoms with Crippen LogP contribution >= 0.6 is 0 Å². The lowest BCUT2D eigenvalue weighted by Gasteiger charge is -2.34. The number of sulfonamides is 1. The molecule has 2 aliphatic rings. The molecule has 6 nitrogen and oxygen atoms in total. The van der Waals surface area contributed by atoms with E-state index in [1.807, 2.05) is 13.8 Å². The molecular formula is C20H30N2O4S. The van der Waals surface area contributed by atoms with Gasteiger partial charge in [-0.15, -0.1) is 0 Å². The van der Waals surface area contributed by atoms with Crippen LogP contribution in [0.4, 0.5) is 0 Å². The van der Waals surface area contributed by atoms with E-state index in [4.69, 9.17) is 4.74 Å². The molecule has 1 aliphatic heterocycles. The molecule has 1 heterocycles. The van der Waals surface area contributed by atoms with Gasteiger partial charge in [0, 0.05) is 24.7 Å². The van der Waals surface area contributed by atoms with Crippen molar-refractivity contribution in [3.8, 4) is 0 Å². The van der Waals surface area contributed by atoms with Crippen molar-refractivity contribution in [1.29, 1.82) is 0 Å². The fourth-order valence-corrected chi connectivity index (χ4v) is 5.58. The Hall–Kier alpha value is -1.44. The van der Waals surface area contributed by atoms with Gasteiger partial charge >= 0.3 is 0 Å². The SMILES string of the molecule is CC1CCC(NC(=O)c2cccc(S(=O)(=O)N3CC(C)OC(C)C3)c2)CC1. The Morgan fingerprint density at radius 2 is 1.70 bits per heavy atom. The maximum Gasteiger partial charge on any atom is 0.251 e. The fourth-order valence-electron chi connectivity index (χ4n) is 3.95. The number of carbonyl (C=O) groups excluding carboxylic acids is 1. The molecule has 1 aromatic rings. The van der Waals surface area contributed by atoms with Gasteiger partial charge < -0.3 is 10.1 Å². The van der Waals surface area contributed by atoms with E-state index in [-0.39, 0.29) is 29.1 Å². The zero-order valence-corrected chi connectivity index (χ0v) is 17.2. The predicted molar refractivity (Wildman–Crippen MR) is 104 cm³/mol. The maximum absolute atomic E-state index is 13.0. The highest BCUT2D eigenvalue weighted by Crippen LogP contribution is 2.25. The van der Waals surface area contributed by atoms with Gasteiger partial charge in [-0.25, -0.2) is 8.42 Å². The first-order chi connectivity index (χ1) is 12.8. The number of hydrogen-bond donors (Lipinski definition) is 1. The van der Waals surface area contributed by atoms with E-state index >= 15 is 0 Å². The van der Waals surface area contributed by atoms with Gasteiger partial charge in [-0.05, 0) is 63.6 Å². The summed E-state index contributed by atoms with van der Waals surface area (Å²) in [5.74, 6) is 0.514. The molecule has 1 saturated heterocycles. The van der Waals surface area contributed by atoms with E-state index in [1.54, 1.807) is 18.2 Å². The van der Waals surface area contributed by atoms with Crippen LogP contribution in [0, 0.1) is 5.92 Å². The van der Waals surface area contributed by atoms with Gasteiger partial charge in [0.2, 0.25) is 10.0 Å². The molecule has 2 atom stereocenters. The largest absolute Gasteiger partial charge is 0.373 e. The molecule has 1 aromatic carbocycles. The molecule has 0 radical (unpaired) electrons. The Morgan fingerprint density at radius 1 is 1.07 bits per heavy atom. The summed E-state index contributed by atoms with van der Waals surface area (Å²) < 4.78 is 33.1. The molecule has 7 heteroatoms.